The van der Waals surface area contributed by atoms with Crippen LogP contribution < -0.4 is 3.32 Å². The normalized spacial score (nSPS) is 19.3. The van der Waals surface area contributed by atoms with Gasteiger partial charge in [-0.25, -0.2) is 0 Å². The van der Waals surface area contributed by atoms with E-state index >= 15 is 0 Å². The first-order chi connectivity index (χ1) is 12.3. The Hall–Kier alpha value is 0.228. The Morgan fingerprint density at radius 2 is 1.27 bits per heavy atom. The number of benzene rings is 1. The summed E-state index contributed by atoms with van der Waals surface area (Å²) < 4.78 is 8.89. The standard InChI is InChI=1S/C14H22O.C8H13Si.2CH3.2ClH.H3Si.Ti/c1-13(2,3)10-7-11(14(4,5)6)9-12(15)8-10;1-5-4-8(9)7(3)6(5)2;;;;;;/h7-9,15H,1-6H3;5H,1-3,9H3;2*1H3;2*1H;1H3;/q;;;;;;;+1/p-1. The molecule has 1 aliphatic rings. The van der Waals surface area contributed by atoms with Crippen molar-refractivity contribution in [2.75, 3.05) is 0 Å². The molecule has 0 aliphatic heterocycles. The first-order valence-electron chi connectivity index (χ1n) is 10.8. The van der Waals surface area contributed by atoms with Gasteiger partial charge in [0.25, 0.3) is 0 Å². The van der Waals surface area contributed by atoms with Crippen LogP contribution in [0.3, 0.4) is 0 Å². The third kappa shape index (κ3) is 6.17. The van der Waals surface area contributed by atoms with Crippen LogP contribution in [-0.4, -0.2) is 18.4 Å². The van der Waals surface area contributed by atoms with Crippen LogP contribution in [0.15, 0.2) is 38.4 Å². The van der Waals surface area contributed by atoms with Gasteiger partial charge in [0.1, 0.15) is 0 Å². The molecule has 1 aliphatic carbocycles. The van der Waals surface area contributed by atoms with E-state index in [4.69, 9.17) is 3.32 Å². The topological polar surface area (TPSA) is 9.23 Å². The largest absolute Gasteiger partial charge is 0.147 e. The van der Waals surface area contributed by atoms with Crippen LogP contribution in [0.1, 0.15) is 73.4 Å². The van der Waals surface area contributed by atoms with Gasteiger partial charge in [0.05, 0.1) is 0 Å². The van der Waals surface area contributed by atoms with Gasteiger partial charge in [-0.2, -0.15) is 0 Å². The maximum absolute atomic E-state index is 7.17. The van der Waals surface area contributed by atoms with Crippen molar-refractivity contribution in [3.63, 3.8) is 0 Å². The molecule has 0 spiro atoms. The fourth-order valence-electron chi connectivity index (χ4n) is 4.73. The molecule has 0 N–H and O–H groups in total. The van der Waals surface area contributed by atoms with Crippen molar-refractivity contribution in [1.82, 2.24) is 0 Å². The minimum Gasteiger partial charge on any atom is -0.147 e. The minimum absolute atomic E-state index is 0. The van der Waals surface area contributed by atoms with E-state index in [0.29, 0.717) is 5.92 Å². The molecule has 1 atom stereocenters. The predicted molar refractivity (Wildman–Crippen MR) is 145 cm³/mol. The van der Waals surface area contributed by atoms with Gasteiger partial charge in [-0.05, 0) is 0 Å². The minimum atomic E-state index is -3.18. The quantitative estimate of drug-likeness (QED) is 0.438. The van der Waals surface area contributed by atoms with E-state index in [1.165, 1.54) is 11.1 Å². The maximum Gasteiger partial charge on any atom is -0.147 e. The van der Waals surface area contributed by atoms with E-state index in [1.54, 1.807) is 20.2 Å². The van der Waals surface area contributed by atoms with Gasteiger partial charge in [-0.3, -0.25) is 0 Å². The Labute approximate surface area is 205 Å². The van der Waals surface area contributed by atoms with E-state index in [-0.39, 0.29) is 35.6 Å². The van der Waals surface area contributed by atoms with Crippen LogP contribution in [0, 0.1) is 5.92 Å². The molecule has 173 valence electrons. The van der Waals surface area contributed by atoms with E-state index in [0.717, 1.165) is 24.1 Å². The van der Waals surface area contributed by atoms with Crippen molar-refractivity contribution >= 4 is 43.2 Å². The summed E-state index contributed by atoms with van der Waals surface area (Å²) in [5.74, 6) is 1.66. The molecule has 0 aromatic heterocycles. The van der Waals surface area contributed by atoms with E-state index in [1.807, 2.05) is 0 Å². The van der Waals surface area contributed by atoms with Crippen LogP contribution in [0.5, 0.6) is 5.75 Å². The summed E-state index contributed by atoms with van der Waals surface area (Å²) in [5.41, 5.74) is 6.11. The molecule has 0 saturated heterocycles. The van der Waals surface area contributed by atoms with E-state index < -0.39 is 14.9 Å². The first-order valence-corrected chi connectivity index (χ1v) is 22.0. The predicted octanol–water partition coefficient (Wildman–Crippen LogP) is 6.05. The summed E-state index contributed by atoms with van der Waals surface area (Å²) in [4.78, 5) is 0. The molecule has 0 radical (unpaired) electrons. The van der Waals surface area contributed by atoms with Crippen LogP contribution in [0.2, 0.25) is 10.5 Å². The summed E-state index contributed by atoms with van der Waals surface area (Å²) in [6.45, 7) is 20.9. The van der Waals surface area contributed by atoms with Crippen molar-refractivity contribution in [1.29, 1.82) is 0 Å². The summed E-state index contributed by atoms with van der Waals surface area (Å²) >= 11 is -3.18. The van der Waals surface area contributed by atoms with E-state index in [2.05, 4.69) is 91.0 Å². The van der Waals surface area contributed by atoms with Gasteiger partial charge < -0.3 is 0 Å². The molecule has 0 saturated carbocycles. The fourth-order valence-corrected chi connectivity index (χ4v) is 22.0. The molecular formula is C24H45Cl2OSi2Ti. The third-order valence-corrected chi connectivity index (χ3v) is 17.4. The molecule has 2 rings (SSSR count). The average Bonchev–Trinajstić information content (AvgIpc) is 2.68. The SMILES string of the molecule is CC1=C(C)C(C)[C]([Ti]([CH3])([CH3])([SiH3])[O]c2cc(C(C)(C)C)cc(C(C)(C)C)c2)=C1[SiH3].Cl.Cl. The third-order valence-electron chi connectivity index (χ3n) is 6.67. The van der Waals surface area contributed by atoms with Crippen molar-refractivity contribution in [2.45, 2.75) is 83.6 Å². The van der Waals surface area contributed by atoms with Gasteiger partial charge in [0.15, 0.2) is 0 Å². The summed E-state index contributed by atoms with van der Waals surface area (Å²) in [5, 5.41) is 6.67. The summed E-state index contributed by atoms with van der Waals surface area (Å²) in [6, 6.07) is 7.03. The fraction of sp³-hybridized carbons (Fsp3) is 0.583. The van der Waals surface area contributed by atoms with Crippen LogP contribution in [0.4, 0.5) is 0 Å². The smallest absolute Gasteiger partial charge is 0.147 e. The van der Waals surface area contributed by atoms with Gasteiger partial charge in [-0.1, -0.05) is 0 Å². The van der Waals surface area contributed by atoms with Crippen molar-refractivity contribution in [3.8, 4) is 5.75 Å². The van der Waals surface area contributed by atoms with Crippen molar-refractivity contribution < 1.29 is 18.3 Å². The second-order valence-corrected chi connectivity index (χ2v) is 35.8. The number of rotatable bonds is 3. The second-order valence-electron chi connectivity index (χ2n) is 12.4. The zero-order valence-electron chi connectivity index (χ0n) is 21.5. The molecule has 0 fully saturated rings. The molecule has 1 aromatic carbocycles. The van der Waals surface area contributed by atoms with Gasteiger partial charge >= 0.3 is 181 Å². The zero-order valence-corrected chi connectivity index (χ0v) is 28.7. The number of hydrogen-bond donors (Lipinski definition) is 0. The number of allylic oxidation sites excluding steroid dienone is 4. The average molecular weight is 525 g/mol. The van der Waals surface area contributed by atoms with E-state index in [9.17, 15) is 0 Å². The Morgan fingerprint density at radius 1 is 0.867 bits per heavy atom. The second kappa shape index (κ2) is 9.23. The Bertz CT molecular complexity index is 834. The Morgan fingerprint density at radius 3 is 1.57 bits per heavy atom. The maximum atomic E-state index is 7.17. The zero-order chi connectivity index (χ0) is 21.9. The molecule has 1 aromatic rings. The van der Waals surface area contributed by atoms with Crippen LogP contribution in [-0.2, 0) is 25.8 Å². The van der Waals surface area contributed by atoms with Crippen LogP contribution in [0.25, 0.3) is 0 Å². The molecule has 30 heavy (non-hydrogen) atoms. The summed E-state index contributed by atoms with van der Waals surface area (Å²) in [6.07, 6.45) is 0. The van der Waals surface area contributed by atoms with Gasteiger partial charge in [0.2, 0.25) is 0 Å². The molecule has 6 heteroatoms. The Balaban J connectivity index is 0.00000420. The molecule has 0 heterocycles. The molecule has 0 bridgehead atoms. The first kappa shape index (κ1) is 30.2. The van der Waals surface area contributed by atoms with Crippen molar-refractivity contribution in [2.24, 2.45) is 5.92 Å². The molecule has 1 unspecified atom stereocenters. The van der Waals surface area contributed by atoms with Gasteiger partial charge in [0, 0.05) is 0 Å². The monoisotopic (exact) mass is 523 g/mol. The summed E-state index contributed by atoms with van der Waals surface area (Å²) in [7, 11) is 2.25. The number of halogens is 2. The van der Waals surface area contributed by atoms with Crippen molar-refractivity contribution in [3.05, 3.63) is 49.5 Å². The molecular weight excluding hydrogens is 479 g/mol. The Kier molecular flexibility index (Phi) is 9.30. The molecule has 0 amide bonds. The van der Waals surface area contributed by atoms with Crippen LogP contribution >= 0.6 is 24.8 Å². The molecule has 1 nitrogen and oxygen atoms in total. The number of hydrogen-bond acceptors (Lipinski definition) is 1. The van der Waals surface area contributed by atoms with Gasteiger partial charge in [-0.15, -0.1) is 24.8 Å².